The molecule has 1 aromatic heterocycles. The molecule has 0 radical (unpaired) electrons. The van der Waals surface area contributed by atoms with E-state index in [2.05, 4.69) is 20.6 Å². The molecule has 3 rings (SSSR count). The second kappa shape index (κ2) is 8.85. The Balaban J connectivity index is 1.61. The lowest BCUT2D eigenvalue weighted by Gasteiger charge is -2.11. The van der Waals surface area contributed by atoms with E-state index in [0.717, 1.165) is 11.4 Å². The molecule has 0 bridgehead atoms. The van der Waals surface area contributed by atoms with Gasteiger partial charge < -0.3 is 20.1 Å². The van der Waals surface area contributed by atoms with Crippen LogP contribution in [-0.4, -0.2) is 29.1 Å². The monoisotopic (exact) mass is 378 g/mol. The Bertz CT molecular complexity index is 925. The van der Waals surface area contributed by atoms with Crippen molar-refractivity contribution in [1.82, 2.24) is 9.97 Å². The van der Waals surface area contributed by atoms with Crippen LogP contribution in [0, 0.1) is 0 Å². The van der Waals surface area contributed by atoms with Crippen molar-refractivity contribution in [2.45, 2.75) is 20.0 Å². The minimum Gasteiger partial charge on any atom is -0.497 e. The van der Waals surface area contributed by atoms with Gasteiger partial charge in [-0.1, -0.05) is 6.07 Å². The summed E-state index contributed by atoms with van der Waals surface area (Å²) in [5.74, 6) is 1.65. The van der Waals surface area contributed by atoms with E-state index in [9.17, 15) is 4.79 Å². The standard InChI is InChI=1S/C21H22N4O3/c1-14(2)28-17-9-7-15(8-10-17)24-20-13-22-19(12-23-20)21(26)25-16-5-4-6-18(11-16)27-3/h4-14H,1-3H3,(H,23,24)(H,25,26). The number of methoxy groups -OCH3 is 1. The highest BCUT2D eigenvalue weighted by Crippen LogP contribution is 2.20. The molecule has 2 N–H and O–H groups in total. The fourth-order valence-electron chi connectivity index (χ4n) is 2.44. The lowest BCUT2D eigenvalue weighted by atomic mass is 10.3. The van der Waals surface area contributed by atoms with Crippen molar-refractivity contribution in [3.63, 3.8) is 0 Å². The Morgan fingerprint density at radius 3 is 2.39 bits per heavy atom. The van der Waals surface area contributed by atoms with Gasteiger partial charge in [0.1, 0.15) is 23.0 Å². The van der Waals surface area contributed by atoms with Crippen molar-refractivity contribution >= 4 is 23.1 Å². The molecule has 7 nitrogen and oxygen atoms in total. The molecular weight excluding hydrogens is 356 g/mol. The summed E-state index contributed by atoms with van der Waals surface area (Å²) >= 11 is 0. The van der Waals surface area contributed by atoms with E-state index in [1.807, 2.05) is 38.1 Å². The van der Waals surface area contributed by atoms with Crippen LogP contribution in [0.1, 0.15) is 24.3 Å². The number of hydrogen-bond donors (Lipinski definition) is 2. The highest BCUT2D eigenvalue weighted by atomic mass is 16.5. The third-order valence-electron chi connectivity index (χ3n) is 3.71. The number of benzene rings is 2. The molecular formula is C21H22N4O3. The third-order valence-corrected chi connectivity index (χ3v) is 3.71. The maximum absolute atomic E-state index is 12.3. The molecule has 144 valence electrons. The fourth-order valence-corrected chi connectivity index (χ4v) is 2.44. The molecule has 1 amide bonds. The summed E-state index contributed by atoms with van der Waals surface area (Å²) in [7, 11) is 1.57. The average molecular weight is 378 g/mol. The summed E-state index contributed by atoms with van der Waals surface area (Å²) in [4.78, 5) is 20.7. The average Bonchev–Trinajstić information content (AvgIpc) is 2.70. The number of amides is 1. The van der Waals surface area contributed by atoms with E-state index in [0.29, 0.717) is 17.3 Å². The predicted molar refractivity (Wildman–Crippen MR) is 108 cm³/mol. The molecule has 0 aliphatic carbocycles. The van der Waals surface area contributed by atoms with Gasteiger partial charge in [-0.2, -0.15) is 0 Å². The van der Waals surface area contributed by atoms with Gasteiger partial charge in [0.25, 0.3) is 5.91 Å². The summed E-state index contributed by atoms with van der Waals surface area (Å²) in [5, 5.41) is 5.91. The van der Waals surface area contributed by atoms with Crippen LogP contribution in [0.4, 0.5) is 17.2 Å². The first-order valence-corrected chi connectivity index (χ1v) is 8.84. The van der Waals surface area contributed by atoms with E-state index in [1.165, 1.54) is 12.4 Å². The first-order valence-electron chi connectivity index (χ1n) is 8.84. The van der Waals surface area contributed by atoms with E-state index in [1.54, 1.807) is 31.4 Å². The third kappa shape index (κ3) is 5.20. The largest absolute Gasteiger partial charge is 0.497 e. The summed E-state index contributed by atoms with van der Waals surface area (Å²) in [6.45, 7) is 3.96. The van der Waals surface area contributed by atoms with Gasteiger partial charge in [0.05, 0.1) is 25.6 Å². The van der Waals surface area contributed by atoms with Crippen LogP contribution >= 0.6 is 0 Å². The van der Waals surface area contributed by atoms with Crippen molar-refractivity contribution < 1.29 is 14.3 Å². The maximum atomic E-state index is 12.3. The lowest BCUT2D eigenvalue weighted by Crippen LogP contribution is -2.14. The molecule has 1 heterocycles. The quantitative estimate of drug-likeness (QED) is 0.639. The van der Waals surface area contributed by atoms with Gasteiger partial charge in [0, 0.05) is 17.4 Å². The summed E-state index contributed by atoms with van der Waals surface area (Å²) in [6, 6.07) is 14.6. The highest BCUT2D eigenvalue weighted by Gasteiger charge is 2.09. The van der Waals surface area contributed by atoms with Gasteiger partial charge in [0.2, 0.25) is 0 Å². The minimum atomic E-state index is -0.345. The summed E-state index contributed by atoms with van der Waals surface area (Å²) < 4.78 is 10.8. The van der Waals surface area contributed by atoms with Crippen molar-refractivity contribution in [1.29, 1.82) is 0 Å². The normalized spacial score (nSPS) is 10.4. The van der Waals surface area contributed by atoms with Crippen LogP contribution in [-0.2, 0) is 0 Å². The van der Waals surface area contributed by atoms with Crippen LogP contribution in [0.15, 0.2) is 60.9 Å². The molecule has 7 heteroatoms. The second-order valence-electron chi connectivity index (χ2n) is 6.29. The van der Waals surface area contributed by atoms with Crippen LogP contribution in [0.5, 0.6) is 11.5 Å². The van der Waals surface area contributed by atoms with Crippen molar-refractivity contribution in [3.05, 3.63) is 66.6 Å². The number of nitrogens with one attached hydrogen (secondary N) is 2. The molecule has 0 aliphatic rings. The summed E-state index contributed by atoms with van der Waals surface area (Å²) in [6.07, 6.45) is 3.06. The van der Waals surface area contributed by atoms with Gasteiger partial charge >= 0.3 is 0 Å². The molecule has 28 heavy (non-hydrogen) atoms. The number of carbonyl (C=O) groups excluding carboxylic acids is 1. The van der Waals surface area contributed by atoms with Crippen LogP contribution < -0.4 is 20.1 Å². The number of hydrogen-bond acceptors (Lipinski definition) is 6. The van der Waals surface area contributed by atoms with E-state index < -0.39 is 0 Å². The number of aromatic nitrogens is 2. The van der Waals surface area contributed by atoms with Crippen LogP contribution in [0.3, 0.4) is 0 Å². The number of ether oxygens (including phenoxy) is 2. The zero-order valence-corrected chi connectivity index (χ0v) is 16.0. The Morgan fingerprint density at radius 2 is 1.75 bits per heavy atom. The Kier molecular flexibility index (Phi) is 6.06. The van der Waals surface area contributed by atoms with Crippen LogP contribution in [0.25, 0.3) is 0 Å². The number of rotatable bonds is 7. The van der Waals surface area contributed by atoms with E-state index in [-0.39, 0.29) is 17.7 Å². The predicted octanol–water partition coefficient (Wildman–Crippen LogP) is 4.27. The minimum absolute atomic E-state index is 0.125. The van der Waals surface area contributed by atoms with Crippen molar-refractivity contribution in [2.75, 3.05) is 17.7 Å². The molecule has 0 fully saturated rings. The summed E-state index contributed by atoms with van der Waals surface area (Å²) in [5.41, 5.74) is 1.69. The lowest BCUT2D eigenvalue weighted by molar-refractivity contribution is 0.102. The number of carbonyl (C=O) groups is 1. The smallest absolute Gasteiger partial charge is 0.275 e. The van der Waals surface area contributed by atoms with Gasteiger partial charge in [-0.05, 0) is 50.2 Å². The molecule has 0 aliphatic heterocycles. The van der Waals surface area contributed by atoms with Crippen molar-refractivity contribution in [2.24, 2.45) is 0 Å². The van der Waals surface area contributed by atoms with Gasteiger partial charge in [-0.25, -0.2) is 9.97 Å². The van der Waals surface area contributed by atoms with E-state index >= 15 is 0 Å². The Morgan fingerprint density at radius 1 is 0.964 bits per heavy atom. The zero-order valence-electron chi connectivity index (χ0n) is 16.0. The SMILES string of the molecule is COc1cccc(NC(=O)c2cnc(Nc3ccc(OC(C)C)cc3)cn2)c1. The number of anilines is 3. The Labute approximate surface area is 163 Å². The molecule has 3 aromatic rings. The molecule has 0 spiro atoms. The van der Waals surface area contributed by atoms with Gasteiger partial charge in [-0.3, -0.25) is 4.79 Å². The van der Waals surface area contributed by atoms with Gasteiger partial charge in [-0.15, -0.1) is 0 Å². The molecule has 0 saturated heterocycles. The molecule has 0 atom stereocenters. The Hall–Kier alpha value is -3.61. The first-order chi connectivity index (χ1) is 13.5. The number of nitrogens with zero attached hydrogens (tertiary/aromatic N) is 2. The van der Waals surface area contributed by atoms with E-state index in [4.69, 9.17) is 9.47 Å². The first kappa shape index (κ1) is 19.2. The molecule has 2 aromatic carbocycles. The fraction of sp³-hybridized carbons (Fsp3) is 0.190. The molecule has 0 saturated carbocycles. The zero-order chi connectivity index (χ0) is 19.9. The topological polar surface area (TPSA) is 85.4 Å². The second-order valence-corrected chi connectivity index (χ2v) is 6.29. The highest BCUT2D eigenvalue weighted by molar-refractivity contribution is 6.02. The van der Waals surface area contributed by atoms with Crippen molar-refractivity contribution in [3.8, 4) is 11.5 Å². The molecule has 0 unspecified atom stereocenters. The maximum Gasteiger partial charge on any atom is 0.275 e. The van der Waals surface area contributed by atoms with Crippen LogP contribution in [0.2, 0.25) is 0 Å². The van der Waals surface area contributed by atoms with Gasteiger partial charge in [0.15, 0.2) is 0 Å².